The zero-order valence-corrected chi connectivity index (χ0v) is 14.9. The summed E-state index contributed by atoms with van der Waals surface area (Å²) < 4.78 is 7.32. The predicted octanol–water partition coefficient (Wildman–Crippen LogP) is 5.53. The highest BCUT2D eigenvalue weighted by Crippen LogP contribution is 2.31. The summed E-state index contributed by atoms with van der Waals surface area (Å²) in [6, 6.07) is 8.57. The minimum absolute atomic E-state index is 0.305. The van der Waals surface area contributed by atoms with Gasteiger partial charge in [0.25, 0.3) is 0 Å². The first-order valence-corrected chi connectivity index (χ1v) is 8.22. The van der Waals surface area contributed by atoms with Crippen molar-refractivity contribution in [2.75, 3.05) is 5.32 Å². The van der Waals surface area contributed by atoms with Crippen molar-refractivity contribution in [2.45, 2.75) is 13.5 Å². The normalized spacial score (nSPS) is 10.7. The standard InChI is InChI=1S/C18H15Cl2N3O2/c1-11(2)9-23-10-15(12-5-4-8-21-17(12)23)25-18(24)22-16-13(19)6-3-7-14(16)20/h3-8,10H,1,9H2,2H3,(H,22,24). The molecule has 0 atom stereocenters. The van der Waals surface area contributed by atoms with Gasteiger partial charge in [-0.05, 0) is 31.2 Å². The summed E-state index contributed by atoms with van der Waals surface area (Å²) >= 11 is 12.1. The zero-order chi connectivity index (χ0) is 18.0. The SMILES string of the molecule is C=C(C)Cn1cc(OC(=O)Nc2c(Cl)cccc2Cl)c2cccnc21. The van der Waals surface area contributed by atoms with Crippen molar-refractivity contribution in [3.05, 3.63) is 64.9 Å². The van der Waals surface area contributed by atoms with Crippen molar-refractivity contribution in [3.8, 4) is 5.75 Å². The predicted molar refractivity (Wildman–Crippen MR) is 101 cm³/mol. The highest BCUT2D eigenvalue weighted by molar-refractivity contribution is 6.39. The van der Waals surface area contributed by atoms with Crippen molar-refractivity contribution in [1.29, 1.82) is 0 Å². The highest BCUT2D eigenvalue weighted by atomic mass is 35.5. The second-order valence-electron chi connectivity index (χ2n) is 5.56. The molecular formula is C18H15Cl2N3O2. The molecule has 0 saturated heterocycles. The second kappa shape index (κ2) is 7.17. The number of benzene rings is 1. The first kappa shape index (κ1) is 17.3. The van der Waals surface area contributed by atoms with E-state index in [9.17, 15) is 4.79 Å². The van der Waals surface area contributed by atoms with Gasteiger partial charge in [0.2, 0.25) is 0 Å². The second-order valence-corrected chi connectivity index (χ2v) is 6.38. The van der Waals surface area contributed by atoms with Crippen LogP contribution < -0.4 is 10.1 Å². The number of carbonyl (C=O) groups is 1. The van der Waals surface area contributed by atoms with E-state index in [0.717, 1.165) is 11.0 Å². The van der Waals surface area contributed by atoms with Gasteiger partial charge in [-0.25, -0.2) is 9.78 Å². The van der Waals surface area contributed by atoms with Crippen LogP contribution in [0.4, 0.5) is 10.5 Å². The third-order valence-electron chi connectivity index (χ3n) is 3.43. The summed E-state index contributed by atoms with van der Waals surface area (Å²) in [5.74, 6) is 0.394. The quantitative estimate of drug-likeness (QED) is 0.609. The number of halogens is 2. The number of anilines is 1. The van der Waals surface area contributed by atoms with E-state index >= 15 is 0 Å². The summed E-state index contributed by atoms with van der Waals surface area (Å²) in [7, 11) is 0. The van der Waals surface area contributed by atoms with Crippen LogP contribution in [0.25, 0.3) is 11.0 Å². The van der Waals surface area contributed by atoms with Crippen molar-refractivity contribution >= 4 is 46.0 Å². The number of fused-ring (bicyclic) bond motifs is 1. The van der Waals surface area contributed by atoms with E-state index in [1.54, 1.807) is 36.7 Å². The van der Waals surface area contributed by atoms with E-state index in [1.807, 2.05) is 17.6 Å². The van der Waals surface area contributed by atoms with Gasteiger partial charge in [0.15, 0.2) is 5.75 Å². The zero-order valence-electron chi connectivity index (χ0n) is 13.4. The van der Waals surface area contributed by atoms with E-state index in [2.05, 4.69) is 16.9 Å². The maximum Gasteiger partial charge on any atom is 0.417 e. The van der Waals surface area contributed by atoms with Crippen molar-refractivity contribution < 1.29 is 9.53 Å². The van der Waals surface area contributed by atoms with Gasteiger partial charge in [-0.2, -0.15) is 0 Å². The topological polar surface area (TPSA) is 56.1 Å². The van der Waals surface area contributed by atoms with Crippen molar-refractivity contribution in [1.82, 2.24) is 9.55 Å². The Morgan fingerprint density at radius 1 is 1.28 bits per heavy atom. The molecule has 0 spiro atoms. The van der Waals surface area contributed by atoms with Crippen LogP contribution in [0, 0.1) is 0 Å². The molecule has 1 amide bonds. The molecule has 0 saturated carbocycles. The Morgan fingerprint density at radius 2 is 2.00 bits per heavy atom. The molecule has 0 radical (unpaired) electrons. The molecule has 0 aliphatic carbocycles. The largest absolute Gasteiger partial charge is 0.417 e. The number of rotatable bonds is 4. The van der Waals surface area contributed by atoms with Gasteiger partial charge in [0.05, 0.1) is 21.1 Å². The first-order chi connectivity index (χ1) is 12.0. The van der Waals surface area contributed by atoms with Crippen LogP contribution in [0.2, 0.25) is 10.0 Å². The number of aromatic nitrogens is 2. The molecule has 5 nitrogen and oxygen atoms in total. The van der Waals surface area contributed by atoms with E-state index < -0.39 is 6.09 Å². The number of ether oxygens (including phenoxy) is 1. The van der Waals surface area contributed by atoms with Crippen LogP contribution in [0.3, 0.4) is 0 Å². The number of pyridine rings is 1. The van der Waals surface area contributed by atoms with Gasteiger partial charge in [0.1, 0.15) is 5.65 Å². The molecule has 0 aliphatic rings. The summed E-state index contributed by atoms with van der Waals surface area (Å²) in [6.07, 6.45) is 2.72. The molecule has 0 unspecified atom stereocenters. The van der Waals surface area contributed by atoms with E-state index in [1.165, 1.54) is 0 Å². The van der Waals surface area contributed by atoms with Crippen LogP contribution in [0.1, 0.15) is 6.92 Å². The molecule has 2 heterocycles. The minimum atomic E-state index is -0.687. The summed E-state index contributed by atoms with van der Waals surface area (Å²) in [5.41, 5.74) is 1.98. The number of para-hydroxylation sites is 1. The summed E-state index contributed by atoms with van der Waals surface area (Å²) in [6.45, 7) is 6.40. The Hall–Kier alpha value is -2.50. The number of carbonyl (C=O) groups excluding carboxylic acids is 1. The van der Waals surface area contributed by atoms with Gasteiger partial charge in [-0.3, -0.25) is 5.32 Å². The van der Waals surface area contributed by atoms with Crippen LogP contribution >= 0.6 is 23.2 Å². The van der Waals surface area contributed by atoms with Crippen LogP contribution in [-0.2, 0) is 6.54 Å². The van der Waals surface area contributed by atoms with Crippen molar-refractivity contribution in [2.24, 2.45) is 0 Å². The fourth-order valence-corrected chi connectivity index (χ4v) is 2.92. The third kappa shape index (κ3) is 3.78. The number of nitrogens with one attached hydrogen (secondary N) is 1. The fraction of sp³-hybridized carbons (Fsp3) is 0.111. The minimum Gasteiger partial charge on any atom is -0.408 e. The molecule has 25 heavy (non-hydrogen) atoms. The highest BCUT2D eigenvalue weighted by Gasteiger charge is 2.16. The lowest BCUT2D eigenvalue weighted by molar-refractivity contribution is 0.215. The summed E-state index contributed by atoms with van der Waals surface area (Å²) in [5, 5.41) is 3.95. The lowest BCUT2D eigenvalue weighted by atomic mass is 10.3. The molecule has 3 rings (SSSR count). The Kier molecular flexibility index (Phi) is 4.97. The van der Waals surface area contributed by atoms with Gasteiger partial charge >= 0.3 is 6.09 Å². The molecule has 1 N–H and O–H groups in total. The van der Waals surface area contributed by atoms with Gasteiger partial charge in [-0.1, -0.05) is 41.4 Å². The smallest absolute Gasteiger partial charge is 0.408 e. The molecule has 2 aromatic heterocycles. The van der Waals surface area contributed by atoms with Gasteiger partial charge in [0, 0.05) is 18.9 Å². The molecule has 0 bridgehead atoms. The van der Waals surface area contributed by atoms with Gasteiger partial charge in [-0.15, -0.1) is 0 Å². The molecule has 0 fully saturated rings. The number of hydrogen-bond donors (Lipinski definition) is 1. The lowest BCUT2D eigenvalue weighted by Gasteiger charge is -2.09. The number of amides is 1. The monoisotopic (exact) mass is 375 g/mol. The average Bonchev–Trinajstić information content (AvgIpc) is 2.88. The molecule has 7 heteroatoms. The Balaban J connectivity index is 1.87. The Labute approximate surface area is 154 Å². The van der Waals surface area contributed by atoms with Crippen LogP contribution in [0.15, 0.2) is 54.9 Å². The number of hydrogen-bond acceptors (Lipinski definition) is 3. The molecule has 3 aromatic rings. The molecule has 0 aliphatic heterocycles. The Morgan fingerprint density at radius 3 is 2.68 bits per heavy atom. The average molecular weight is 376 g/mol. The maximum absolute atomic E-state index is 12.3. The lowest BCUT2D eigenvalue weighted by Crippen LogP contribution is -2.17. The molecular weight excluding hydrogens is 361 g/mol. The third-order valence-corrected chi connectivity index (χ3v) is 4.06. The van der Waals surface area contributed by atoms with E-state index in [-0.39, 0.29) is 0 Å². The maximum atomic E-state index is 12.3. The van der Waals surface area contributed by atoms with Crippen LogP contribution in [-0.4, -0.2) is 15.6 Å². The van der Waals surface area contributed by atoms with Gasteiger partial charge < -0.3 is 9.30 Å². The summed E-state index contributed by atoms with van der Waals surface area (Å²) in [4.78, 5) is 16.6. The number of nitrogens with zero attached hydrogens (tertiary/aromatic N) is 2. The number of allylic oxidation sites excluding steroid dienone is 1. The fourth-order valence-electron chi connectivity index (χ4n) is 2.43. The Bertz CT molecular complexity index is 946. The first-order valence-electron chi connectivity index (χ1n) is 7.47. The molecule has 128 valence electrons. The van der Waals surface area contributed by atoms with E-state index in [0.29, 0.717) is 33.7 Å². The molecule has 1 aromatic carbocycles. The van der Waals surface area contributed by atoms with Crippen molar-refractivity contribution in [3.63, 3.8) is 0 Å². The van der Waals surface area contributed by atoms with E-state index in [4.69, 9.17) is 27.9 Å². The van der Waals surface area contributed by atoms with Crippen LogP contribution in [0.5, 0.6) is 5.75 Å².